The van der Waals surface area contributed by atoms with E-state index in [-0.39, 0.29) is 11.5 Å². The van der Waals surface area contributed by atoms with Gasteiger partial charge in [-0.25, -0.2) is 4.79 Å². The number of nitrogens with zero attached hydrogens (tertiary/aromatic N) is 3. The minimum Gasteiger partial charge on any atom is -0.383 e. The summed E-state index contributed by atoms with van der Waals surface area (Å²) >= 11 is 0. The first-order chi connectivity index (χ1) is 10.1. The van der Waals surface area contributed by atoms with Gasteiger partial charge in [-0.3, -0.25) is 19.0 Å². The molecular weight excluding hydrogens is 272 g/mol. The molecule has 21 heavy (non-hydrogen) atoms. The van der Waals surface area contributed by atoms with E-state index in [1.165, 1.54) is 11.6 Å². The Kier molecular flexibility index (Phi) is 4.46. The van der Waals surface area contributed by atoms with Crippen molar-refractivity contribution >= 4 is 11.5 Å². The fraction of sp³-hybridized carbons (Fsp3) is 0.462. The quantitative estimate of drug-likeness (QED) is 0.707. The lowest BCUT2D eigenvalue weighted by atomic mass is 10.3. The van der Waals surface area contributed by atoms with E-state index in [1.807, 2.05) is 6.92 Å². The molecule has 0 aliphatic carbocycles. The Hall–Kier alpha value is -2.51. The molecule has 0 aliphatic rings. The van der Waals surface area contributed by atoms with Gasteiger partial charge in [0.05, 0.1) is 12.2 Å². The highest BCUT2D eigenvalue weighted by atomic mass is 16.2. The number of aromatic amines is 1. The third-order valence-electron chi connectivity index (χ3n) is 3.33. The number of hydrogen-bond acceptors (Lipinski definition) is 5. The van der Waals surface area contributed by atoms with Crippen LogP contribution in [0.2, 0.25) is 0 Å². The highest BCUT2D eigenvalue weighted by Gasteiger charge is 2.14. The SMILES string of the molecule is CCCCn1c(N)c(NCc2ccn[nH]2)c(=O)n(C)c1=O. The van der Waals surface area contributed by atoms with Crippen LogP contribution in [-0.2, 0) is 20.1 Å². The Morgan fingerprint density at radius 3 is 2.81 bits per heavy atom. The second kappa shape index (κ2) is 6.29. The summed E-state index contributed by atoms with van der Waals surface area (Å²) < 4.78 is 2.50. The van der Waals surface area contributed by atoms with Crippen molar-refractivity contribution in [3.63, 3.8) is 0 Å². The monoisotopic (exact) mass is 292 g/mol. The number of aromatic nitrogens is 4. The second-order valence-corrected chi connectivity index (χ2v) is 4.85. The molecular formula is C13H20N6O2. The lowest BCUT2D eigenvalue weighted by molar-refractivity contribution is 0.575. The third kappa shape index (κ3) is 2.99. The van der Waals surface area contributed by atoms with Crippen molar-refractivity contribution in [2.75, 3.05) is 11.1 Å². The highest BCUT2D eigenvalue weighted by molar-refractivity contribution is 5.60. The van der Waals surface area contributed by atoms with Gasteiger partial charge in [0.2, 0.25) is 0 Å². The van der Waals surface area contributed by atoms with Crippen molar-refractivity contribution in [1.29, 1.82) is 0 Å². The number of nitrogens with one attached hydrogen (secondary N) is 2. The van der Waals surface area contributed by atoms with Gasteiger partial charge in [-0.05, 0) is 12.5 Å². The minimum absolute atomic E-state index is 0.177. The molecule has 0 fully saturated rings. The van der Waals surface area contributed by atoms with Crippen LogP contribution in [0, 0.1) is 0 Å². The van der Waals surface area contributed by atoms with Crippen molar-refractivity contribution in [2.45, 2.75) is 32.9 Å². The molecule has 0 saturated heterocycles. The van der Waals surface area contributed by atoms with Gasteiger partial charge >= 0.3 is 5.69 Å². The van der Waals surface area contributed by atoms with E-state index >= 15 is 0 Å². The summed E-state index contributed by atoms with van der Waals surface area (Å²) in [6.07, 6.45) is 3.38. The lowest BCUT2D eigenvalue weighted by Crippen LogP contribution is -2.40. The topological polar surface area (TPSA) is 111 Å². The van der Waals surface area contributed by atoms with E-state index in [9.17, 15) is 9.59 Å². The number of nitrogens with two attached hydrogens (primary N) is 1. The zero-order valence-corrected chi connectivity index (χ0v) is 12.2. The molecule has 0 spiro atoms. The number of H-pyrrole nitrogens is 1. The number of anilines is 2. The number of rotatable bonds is 6. The Balaban J connectivity index is 2.37. The molecule has 2 rings (SSSR count). The first-order valence-electron chi connectivity index (χ1n) is 6.87. The second-order valence-electron chi connectivity index (χ2n) is 4.85. The number of unbranched alkanes of at least 4 members (excludes halogenated alkanes) is 1. The fourth-order valence-corrected chi connectivity index (χ4v) is 2.05. The summed E-state index contributed by atoms with van der Waals surface area (Å²) in [5.41, 5.74) is 6.24. The molecule has 8 nitrogen and oxygen atoms in total. The van der Waals surface area contributed by atoms with Crippen LogP contribution >= 0.6 is 0 Å². The molecule has 0 unspecified atom stereocenters. The summed E-state index contributed by atoms with van der Waals surface area (Å²) in [6, 6.07) is 1.79. The summed E-state index contributed by atoms with van der Waals surface area (Å²) in [5.74, 6) is 0.177. The van der Waals surface area contributed by atoms with Crippen LogP contribution in [0.5, 0.6) is 0 Å². The number of hydrogen-bond donors (Lipinski definition) is 3. The van der Waals surface area contributed by atoms with E-state index in [0.29, 0.717) is 13.1 Å². The van der Waals surface area contributed by atoms with Crippen molar-refractivity contribution in [1.82, 2.24) is 19.3 Å². The van der Waals surface area contributed by atoms with E-state index in [2.05, 4.69) is 15.5 Å². The maximum Gasteiger partial charge on any atom is 0.332 e. The maximum atomic E-state index is 12.2. The standard InChI is InChI=1S/C13H20N6O2/c1-3-4-7-19-11(14)10(12(20)18(2)13(19)21)15-8-9-5-6-16-17-9/h5-6,15H,3-4,7-8,14H2,1-2H3,(H,16,17). The lowest BCUT2D eigenvalue weighted by Gasteiger charge is -2.15. The minimum atomic E-state index is -0.426. The van der Waals surface area contributed by atoms with Crippen LogP contribution in [0.4, 0.5) is 11.5 Å². The normalized spacial score (nSPS) is 10.8. The van der Waals surface area contributed by atoms with E-state index in [1.54, 1.807) is 12.3 Å². The smallest absolute Gasteiger partial charge is 0.332 e. The average molecular weight is 292 g/mol. The van der Waals surface area contributed by atoms with Gasteiger partial charge in [-0.2, -0.15) is 5.10 Å². The van der Waals surface area contributed by atoms with Gasteiger partial charge in [-0.1, -0.05) is 13.3 Å². The zero-order valence-electron chi connectivity index (χ0n) is 12.2. The molecule has 0 atom stereocenters. The van der Waals surface area contributed by atoms with Gasteiger partial charge < -0.3 is 11.1 Å². The Bertz CT molecular complexity index is 713. The Labute approximate surface area is 121 Å². The van der Waals surface area contributed by atoms with Crippen molar-refractivity contribution in [2.24, 2.45) is 7.05 Å². The van der Waals surface area contributed by atoms with Crippen molar-refractivity contribution in [3.05, 3.63) is 38.8 Å². The fourth-order valence-electron chi connectivity index (χ4n) is 2.05. The molecule has 2 aromatic rings. The van der Waals surface area contributed by atoms with E-state index < -0.39 is 11.2 Å². The predicted octanol–water partition coefficient (Wildman–Crippen LogP) is 0.265. The molecule has 0 bridgehead atoms. The molecule has 0 aromatic carbocycles. The van der Waals surface area contributed by atoms with Gasteiger partial charge in [0, 0.05) is 19.8 Å². The average Bonchev–Trinajstić information content (AvgIpc) is 2.98. The molecule has 0 radical (unpaired) electrons. The molecule has 0 aliphatic heterocycles. The molecule has 4 N–H and O–H groups in total. The molecule has 0 amide bonds. The van der Waals surface area contributed by atoms with Crippen LogP contribution in [0.15, 0.2) is 21.9 Å². The first-order valence-corrected chi connectivity index (χ1v) is 6.87. The number of nitrogen functional groups attached to an aromatic ring is 1. The molecule has 2 aromatic heterocycles. The van der Waals surface area contributed by atoms with Crippen LogP contribution in [0.1, 0.15) is 25.5 Å². The summed E-state index contributed by atoms with van der Waals surface area (Å²) in [5, 5.41) is 9.60. The summed E-state index contributed by atoms with van der Waals surface area (Å²) in [4.78, 5) is 24.3. The Morgan fingerprint density at radius 1 is 1.43 bits per heavy atom. The molecule has 114 valence electrons. The molecule has 8 heteroatoms. The largest absolute Gasteiger partial charge is 0.383 e. The summed E-state index contributed by atoms with van der Waals surface area (Å²) in [7, 11) is 1.45. The van der Waals surface area contributed by atoms with Gasteiger partial charge in [0.15, 0.2) is 0 Å². The van der Waals surface area contributed by atoms with Crippen LogP contribution in [0.25, 0.3) is 0 Å². The predicted molar refractivity (Wildman–Crippen MR) is 81.2 cm³/mol. The Morgan fingerprint density at radius 2 is 2.19 bits per heavy atom. The van der Waals surface area contributed by atoms with E-state index in [4.69, 9.17) is 5.73 Å². The van der Waals surface area contributed by atoms with Crippen molar-refractivity contribution < 1.29 is 0 Å². The van der Waals surface area contributed by atoms with Gasteiger partial charge in [-0.15, -0.1) is 0 Å². The molecule has 2 heterocycles. The van der Waals surface area contributed by atoms with Crippen LogP contribution in [0.3, 0.4) is 0 Å². The zero-order chi connectivity index (χ0) is 15.4. The van der Waals surface area contributed by atoms with Crippen molar-refractivity contribution in [3.8, 4) is 0 Å². The van der Waals surface area contributed by atoms with E-state index in [0.717, 1.165) is 23.1 Å². The molecule has 0 saturated carbocycles. The van der Waals surface area contributed by atoms with Crippen LogP contribution < -0.4 is 22.3 Å². The van der Waals surface area contributed by atoms with Gasteiger partial charge in [0.1, 0.15) is 11.5 Å². The summed E-state index contributed by atoms with van der Waals surface area (Å²) in [6.45, 7) is 2.90. The van der Waals surface area contributed by atoms with Gasteiger partial charge in [0.25, 0.3) is 5.56 Å². The third-order valence-corrected chi connectivity index (χ3v) is 3.33. The highest BCUT2D eigenvalue weighted by Crippen LogP contribution is 2.12. The van der Waals surface area contributed by atoms with Crippen LogP contribution in [-0.4, -0.2) is 19.3 Å². The maximum absolute atomic E-state index is 12.2. The first kappa shape index (κ1) is 14.9.